The number of hydrogen-bond donors (Lipinski definition) is 1. The third kappa shape index (κ3) is 6.36. The number of rotatable bonds is 10. The van der Waals surface area contributed by atoms with E-state index in [0.29, 0.717) is 30.9 Å². The maximum atomic E-state index is 12.5. The first-order valence-corrected chi connectivity index (χ1v) is 10.0. The summed E-state index contributed by atoms with van der Waals surface area (Å²) in [5.41, 5.74) is 2.52. The average molecular weight is 467 g/mol. The zero-order chi connectivity index (χ0) is 21.9. The van der Waals surface area contributed by atoms with Crippen molar-refractivity contribution in [2.75, 3.05) is 13.7 Å². The number of ether oxygens (including phenoxy) is 2. The van der Waals surface area contributed by atoms with Gasteiger partial charge in [-0.1, -0.05) is 30.9 Å². The number of methoxy groups -OCH3 is 1. The molecule has 6 heteroatoms. The van der Waals surface area contributed by atoms with Crippen LogP contribution in [0.25, 0.3) is 6.08 Å². The Morgan fingerprint density at radius 3 is 2.57 bits per heavy atom. The predicted molar refractivity (Wildman–Crippen MR) is 122 cm³/mol. The first kappa shape index (κ1) is 23.0. The summed E-state index contributed by atoms with van der Waals surface area (Å²) in [6.07, 6.45) is 5.57. The van der Waals surface area contributed by atoms with Crippen molar-refractivity contribution in [1.29, 1.82) is 5.26 Å². The van der Waals surface area contributed by atoms with E-state index in [2.05, 4.69) is 34.4 Å². The smallest absolute Gasteiger partial charge is 0.262 e. The molecule has 0 aliphatic rings. The molecule has 0 atom stereocenters. The minimum Gasteiger partial charge on any atom is -0.497 e. The average Bonchev–Trinajstić information content (AvgIpc) is 2.75. The molecule has 1 amide bonds. The van der Waals surface area contributed by atoms with Crippen LogP contribution in [0.15, 0.2) is 71.8 Å². The first-order valence-electron chi connectivity index (χ1n) is 9.22. The molecule has 0 bridgehead atoms. The maximum absolute atomic E-state index is 12.5. The number of nitrogens with one attached hydrogen (secondary N) is 1. The molecule has 0 saturated carbocycles. The Morgan fingerprint density at radius 1 is 1.23 bits per heavy atom. The van der Waals surface area contributed by atoms with Gasteiger partial charge in [-0.2, -0.15) is 5.26 Å². The van der Waals surface area contributed by atoms with Gasteiger partial charge >= 0.3 is 0 Å². The second kappa shape index (κ2) is 11.6. The molecule has 30 heavy (non-hydrogen) atoms. The molecule has 5 nitrogen and oxygen atoms in total. The molecule has 0 unspecified atom stereocenters. The molecular formula is C24H23BrN2O3. The van der Waals surface area contributed by atoms with Gasteiger partial charge in [0, 0.05) is 6.54 Å². The second-order valence-corrected chi connectivity index (χ2v) is 7.14. The number of amides is 1. The number of halogens is 1. The highest BCUT2D eigenvalue weighted by atomic mass is 79.9. The van der Waals surface area contributed by atoms with Gasteiger partial charge in [0.05, 0.1) is 11.6 Å². The van der Waals surface area contributed by atoms with Crippen LogP contribution >= 0.6 is 15.9 Å². The molecule has 0 aliphatic heterocycles. The molecule has 0 radical (unpaired) electrons. The largest absolute Gasteiger partial charge is 0.497 e. The van der Waals surface area contributed by atoms with E-state index >= 15 is 0 Å². The lowest BCUT2D eigenvalue weighted by Gasteiger charge is -2.13. The van der Waals surface area contributed by atoms with Gasteiger partial charge in [-0.3, -0.25) is 4.79 Å². The number of allylic oxidation sites excluding steroid dienone is 1. The van der Waals surface area contributed by atoms with Gasteiger partial charge in [-0.05, 0) is 69.4 Å². The Bertz CT molecular complexity index is 989. The molecule has 0 saturated heterocycles. The highest BCUT2D eigenvalue weighted by molar-refractivity contribution is 9.10. The van der Waals surface area contributed by atoms with Crippen molar-refractivity contribution in [3.63, 3.8) is 0 Å². The van der Waals surface area contributed by atoms with Crippen molar-refractivity contribution in [3.8, 4) is 17.6 Å². The summed E-state index contributed by atoms with van der Waals surface area (Å²) in [5.74, 6) is 0.986. The first-order chi connectivity index (χ1) is 14.5. The number of benzene rings is 2. The van der Waals surface area contributed by atoms with Crippen LogP contribution in [0.5, 0.6) is 11.5 Å². The number of carbonyl (C=O) groups excluding carboxylic acids is 1. The van der Waals surface area contributed by atoms with E-state index in [0.717, 1.165) is 21.3 Å². The summed E-state index contributed by atoms with van der Waals surface area (Å²) in [7, 11) is 1.59. The highest BCUT2D eigenvalue weighted by Crippen LogP contribution is 2.32. The van der Waals surface area contributed by atoms with Gasteiger partial charge in [0.25, 0.3) is 5.91 Å². The third-order valence-corrected chi connectivity index (χ3v) is 4.73. The Morgan fingerprint density at radius 2 is 1.97 bits per heavy atom. The Hall–Kier alpha value is -3.30. The number of nitrogens with zero attached hydrogens (tertiary/aromatic N) is 1. The van der Waals surface area contributed by atoms with Crippen LogP contribution in [0.2, 0.25) is 0 Å². The third-order valence-electron chi connectivity index (χ3n) is 4.14. The molecule has 154 valence electrons. The van der Waals surface area contributed by atoms with Gasteiger partial charge in [-0.25, -0.2) is 0 Å². The summed E-state index contributed by atoms with van der Waals surface area (Å²) in [6.45, 7) is 8.11. The monoisotopic (exact) mass is 466 g/mol. The molecule has 0 spiro atoms. The van der Waals surface area contributed by atoms with Gasteiger partial charge < -0.3 is 14.8 Å². The maximum Gasteiger partial charge on any atom is 0.262 e. The lowest BCUT2D eigenvalue weighted by molar-refractivity contribution is -0.117. The summed E-state index contributed by atoms with van der Waals surface area (Å²) in [4.78, 5) is 12.5. The Labute approximate surface area is 185 Å². The van der Waals surface area contributed by atoms with E-state index in [1.54, 1.807) is 31.4 Å². The molecule has 2 aromatic carbocycles. The summed E-state index contributed by atoms with van der Waals surface area (Å²) in [6, 6.07) is 13.0. The SMILES string of the molecule is C=CCOc1c(Br)cc(/C=C(/C#N)C(=O)NCc2ccc(OC)cc2)cc1CC=C. The lowest BCUT2D eigenvalue weighted by Crippen LogP contribution is -2.23. The van der Waals surface area contributed by atoms with Crippen LogP contribution in [0.3, 0.4) is 0 Å². The lowest BCUT2D eigenvalue weighted by atomic mass is 10.0. The van der Waals surface area contributed by atoms with Crippen LogP contribution in [-0.2, 0) is 17.8 Å². The Kier molecular flexibility index (Phi) is 8.92. The van der Waals surface area contributed by atoms with E-state index in [9.17, 15) is 10.1 Å². The standard InChI is InChI=1S/C24H23BrN2O3/c1-4-6-19-12-18(14-22(25)23(19)30-11-5-2)13-20(15-26)24(28)27-16-17-7-9-21(29-3)10-8-17/h4-5,7-10,12-14H,1-2,6,11,16H2,3H3,(H,27,28)/b20-13-. The van der Waals surface area contributed by atoms with Crippen molar-refractivity contribution >= 4 is 27.9 Å². The molecule has 2 rings (SSSR count). The molecule has 0 aromatic heterocycles. The van der Waals surface area contributed by atoms with Gasteiger partial charge in [0.15, 0.2) is 0 Å². The summed E-state index contributed by atoms with van der Waals surface area (Å²) in [5, 5.41) is 12.2. The topological polar surface area (TPSA) is 71.3 Å². The van der Waals surface area contributed by atoms with Crippen molar-refractivity contribution in [2.45, 2.75) is 13.0 Å². The Balaban J connectivity index is 2.20. The minimum atomic E-state index is -0.443. The molecule has 0 fully saturated rings. The van der Waals surface area contributed by atoms with Gasteiger partial charge in [0.2, 0.25) is 0 Å². The predicted octanol–water partition coefficient (Wildman–Crippen LogP) is 4.97. The van der Waals surface area contributed by atoms with Crippen LogP contribution in [0.4, 0.5) is 0 Å². The normalized spacial score (nSPS) is 10.6. The van der Waals surface area contributed by atoms with E-state index in [-0.39, 0.29) is 5.57 Å². The second-order valence-electron chi connectivity index (χ2n) is 6.28. The fraction of sp³-hybridized carbons (Fsp3) is 0.167. The molecular weight excluding hydrogens is 444 g/mol. The molecule has 2 aromatic rings. The number of nitriles is 1. The fourth-order valence-corrected chi connectivity index (χ4v) is 3.34. The minimum absolute atomic E-state index is 0.0136. The van der Waals surface area contributed by atoms with Crippen molar-refractivity contribution in [2.24, 2.45) is 0 Å². The summed E-state index contributed by atoms with van der Waals surface area (Å²) < 4.78 is 11.6. The van der Waals surface area contributed by atoms with E-state index in [4.69, 9.17) is 9.47 Å². The van der Waals surface area contributed by atoms with Crippen LogP contribution in [-0.4, -0.2) is 19.6 Å². The van der Waals surface area contributed by atoms with Crippen LogP contribution < -0.4 is 14.8 Å². The highest BCUT2D eigenvalue weighted by Gasteiger charge is 2.13. The number of hydrogen-bond acceptors (Lipinski definition) is 4. The van der Waals surface area contributed by atoms with E-state index < -0.39 is 5.91 Å². The van der Waals surface area contributed by atoms with E-state index in [1.807, 2.05) is 36.4 Å². The molecule has 1 N–H and O–H groups in total. The van der Waals surface area contributed by atoms with Crippen LogP contribution in [0, 0.1) is 11.3 Å². The molecule has 0 aliphatic carbocycles. The fourth-order valence-electron chi connectivity index (χ4n) is 2.70. The zero-order valence-electron chi connectivity index (χ0n) is 16.8. The van der Waals surface area contributed by atoms with Crippen molar-refractivity contribution < 1.29 is 14.3 Å². The molecule has 0 heterocycles. The summed E-state index contributed by atoms with van der Waals surface area (Å²) >= 11 is 3.50. The van der Waals surface area contributed by atoms with E-state index in [1.165, 1.54) is 0 Å². The quantitative estimate of drug-likeness (QED) is 0.304. The van der Waals surface area contributed by atoms with Gasteiger partial charge in [0.1, 0.15) is 29.7 Å². The zero-order valence-corrected chi connectivity index (χ0v) is 18.4. The number of carbonyl (C=O) groups is 1. The van der Waals surface area contributed by atoms with Gasteiger partial charge in [-0.15, -0.1) is 6.58 Å². The van der Waals surface area contributed by atoms with Crippen molar-refractivity contribution in [3.05, 3.63) is 88.4 Å². The van der Waals surface area contributed by atoms with Crippen LogP contribution in [0.1, 0.15) is 16.7 Å². The van der Waals surface area contributed by atoms with Crippen molar-refractivity contribution in [1.82, 2.24) is 5.32 Å².